The molecule has 0 saturated heterocycles. The van der Waals surface area contributed by atoms with Gasteiger partial charge in [0.2, 0.25) is 0 Å². The minimum atomic E-state index is -0.423. The molecule has 27 heavy (non-hydrogen) atoms. The number of anilines is 1. The maximum absolute atomic E-state index is 12.1. The predicted molar refractivity (Wildman–Crippen MR) is 112 cm³/mol. The highest BCUT2D eigenvalue weighted by Crippen LogP contribution is 2.36. The number of aromatic nitrogens is 1. The highest BCUT2D eigenvalue weighted by molar-refractivity contribution is 7.80. The van der Waals surface area contributed by atoms with Crippen LogP contribution in [-0.4, -0.2) is 16.0 Å². The molecule has 1 amide bonds. The van der Waals surface area contributed by atoms with Crippen LogP contribution in [0, 0.1) is 0 Å². The van der Waals surface area contributed by atoms with Crippen LogP contribution < -0.4 is 10.6 Å². The van der Waals surface area contributed by atoms with E-state index in [1.807, 2.05) is 30.3 Å². The van der Waals surface area contributed by atoms with E-state index in [9.17, 15) is 4.79 Å². The first kappa shape index (κ1) is 17.7. The van der Waals surface area contributed by atoms with E-state index in [4.69, 9.17) is 28.2 Å². The number of furan rings is 1. The number of hydrogen-bond acceptors (Lipinski definition) is 5. The molecule has 0 bridgehead atoms. The summed E-state index contributed by atoms with van der Waals surface area (Å²) >= 11 is 13.0. The number of halogens is 1. The number of nitrogens with zero attached hydrogens (tertiary/aromatic N) is 1. The highest BCUT2D eigenvalue weighted by atomic mass is 35.5. The van der Waals surface area contributed by atoms with E-state index >= 15 is 0 Å². The predicted octanol–water partition coefficient (Wildman–Crippen LogP) is 5.34. The van der Waals surface area contributed by atoms with Gasteiger partial charge < -0.3 is 9.73 Å². The van der Waals surface area contributed by atoms with E-state index in [2.05, 4.69) is 15.6 Å². The highest BCUT2D eigenvalue weighted by Gasteiger charge is 2.15. The number of hydrogen-bond donors (Lipinski definition) is 2. The summed E-state index contributed by atoms with van der Waals surface area (Å²) in [7, 11) is 0. The number of para-hydroxylation sites is 1. The van der Waals surface area contributed by atoms with Gasteiger partial charge in [-0.2, -0.15) is 0 Å². The molecule has 8 heteroatoms. The lowest BCUT2D eigenvalue weighted by atomic mass is 10.2. The second kappa shape index (κ2) is 7.48. The van der Waals surface area contributed by atoms with Crippen LogP contribution in [0.1, 0.15) is 10.6 Å². The van der Waals surface area contributed by atoms with Gasteiger partial charge in [0.25, 0.3) is 5.91 Å². The van der Waals surface area contributed by atoms with Crippen molar-refractivity contribution in [3.63, 3.8) is 0 Å². The zero-order valence-electron chi connectivity index (χ0n) is 13.7. The van der Waals surface area contributed by atoms with Crippen molar-refractivity contribution < 1.29 is 9.21 Å². The van der Waals surface area contributed by atoms with Gasteiger partial charge in [-0.1, -0.05) is 23.7 Å². The van der Waals surface area contributed by atoms with E-state index in [1.54, 1.807) is 35.6 Å². The van der Waals surface area contributed by atoms with Crippen LogP contribution in [0.25, 0.3) is 20.8 Å². The van der Waals surface area contributed by atoms with Crippen molar-refractivity contribution in [1.82, 2.24) is 10.3 Å². The van der Waals surface area contributed by atoms with Crippen LogP contribution in [0.5, 0.6) is 0 Å². The number of benzene rings is 2. The molecule has 4 rings (SSSR count). The lowest BCUT2D eigenvalue weighted by Crippen LogP contribution is -2.34. The summed E-state index contributed by atoms with van der Waals surface area (Å²) in [4.78, 5) is 16.7. The number of amides is 1. The van der Waals surface area contributed by atoms with Crippen molar-refractivity contribution in [2.24, 2.45) is 0 Å². The average Bonchev–Trinajstić information content (AvgIpc) is 3.32. The molecular weight excluding hydrogens is 402 g/mol. The third kappa shape index (κ3) is 3.85. The molecule has 0 radical (unpaired) electrons. The Morgan fingerprint density at radius 2 is 2.00 bits per heavy atom. The number of carbonyl (C=O) groups excluding carboxylic acids is 1. The Bertz CT molecular complexity index is 1110. The van der Waals surface area contributed by atoms with E-state index < -0.39 is 5.91 Å². The van der Waals surface area contributed by atoms with Crippen molar-refractivity contribution in [3.8, 4) is 10.6 Å². The third-order valence-corrected chi connectivity index (χ3v) is 5.24. The summed E-state index contributed by atoms with van der Waals surface area (Å²) in [5, 5.41) is 7.17. The first-order valence-corrected chi connectivity index (χ1v) is 9.52. The van der Waals surface area contributed by atoms with Gasteiger partial charge in [0, 0.05) is 10.6 Å². The summed E-state index contributed by atoms with van der Waals surface area (Å²) in [6.07, 6.45) is 1.43. The molecular formula is C19H12ClN3O2S2. The summed E-state index contributed by atoms with van der Waals surface area (Å²) in [6, 6.07) is 16.5. The van der Waals surface area contributed by atoms with Crippen molar-refractivity contribution in [1.29, 1.82) is 0 Å². The van der Waals surface area contributed by atoms with E-state index in [1.165, 1.54) is 6.26 Å². The van der Waals surface area contributed by atoms with Gasteiger partial charge in [-0.05, 0) is 54.7 Å². The van der Waals surface area contributed by atoms with Gasteiger partial charge in [-0.3, -0.25) is 10.1 Å². The van der Waals surface area contributed by atoms with Gasteiger partial charge in [0.1, 0.15) is 5.01 Å². The standard InChI is InChI=1S/C19H12ClN3O2S2/c20-11-7-8-13(22-19(26)23-17(24)15-5-3-9-25-15)12(10-11)18-21-14-4-1-2-6-16(14)27-18/h1-10H,(H2,22,23,24,26). The summed E-state index contributed by atoms with van der Waals surface area (Å²) < 4.78 is 6.14. The fourth-order valence-corrected chi connectivity index (χ4v) is 3.89. The van der Waals surface area contributed by atoms with Crippen molar-refractivity contribution in [3.05, 3.63) is 71.6 Å². The number of nitrogens with one attached hydrogen (secondary N) is 2. The summed E-state index contributed by atoms with van der Waals surface area (Å²) in [5.74, 6) is -0.241. The number of thiazole rings is 1. The Morgan fingerprint density at radius 1 is 1.15 bits per heavy atom. The molecule has 2 heterocycles. The molecule has 0 unspecified atom stereocenters. The fraction of sp³-hybridized carbons (Fsp3) is 0. The molecule has 5 nitrogen and oxygen atoms in total. The molecule has 0 aliphatic heterocycles. The summed E-state index contributed by atoms with van der Waals surface area (Å²) in [6.45, 7) is 0. The lowest BCUT2D eigenvalue weighted by molar-refractivity contribution is 0.0950. The molecule has 2 aromatic heterocycles. The van der Waals surface area contributed by atoms with Gasteiger partial charge in [-0.25, -0.2) is 4.98 Å². The first-order valence-electron chi connectivity index (χ1n) is 7.91. The molecule has 0 saturated carbocycles. The van der Waals surface area contributed by atoms with Gasteiger partial charge in [0.15, 0.2) is 10.9 Å². The molecule has 0 aliphatic rings. The SMILES string of the molecule is O=C(NC(=S)Nc1ccc(Cl)cc1-c1nc2ccccc2s1)c1ccco1. The van der Waals surface area contributed by atoms with Crippen LogP contribution in [0.15, 0.2) is 65.3 Å². The summed E-state index contributed by atoms with van der Waals surface area (Å²) in [5.41, 5.74) is 2.42. The molecule has 0 atom stereocenters. The Morgan fingerprint density at radius 3 is 2.78 bits per heavy atom. The monoisotopic (exact) mass is 413 g/mol. The number of carbonyl (C=O) groups is 1. The van der Waals surface area contributed by atoms with Crippen LogP contribution in [0.2, 0.25) is 5.02 Å². The first-order chi connectivity index (χ1) is 13.1. The van der Waals surface area contributed by atoms with Crippen molar-refractivity contribution in [2.75, 3.05) is 5.32 Å². The van der Waals surface area contributed by atoms with E-state index in [0.717, 1.165) is 20.8 Å². The zero-order chi connectivity index (χ0) is 18.8. The fourth-order valence-electron chi connectivity index (χ4n) is 2.52. The maximum Gasteiger partial charge on any atom is 0.293 e. The Kier molecular flexibility index (Phi) is 4.89. The third-order valence-electron chi connectivity index (χ3n) is 3.73. The Labute approximate surface area is 169 Å². The van der Waals surface area contributed by atoms with Gasteiger partial charge in [0.05, 0.1) is 22.2 Å². The van der Waals surface area contributed by atoms with Crippen LogP contribution in [-0.2, 0) is 0 Å². The molecule has 2 aromatic carbocycles. The largest absolute Gasteiger partial charge is 0.459 e. The molecule has 134 valence electrons. The van der Waals surface area contributed by atoms with Crippen molar-refractivity contribution in [2.45, 2.75) is 0 Å². The minimum Gasteiger partial charge on any atom is -0.459 e. The van der Waals surface area contributed by atoms with Crippen LogP contribution >= 0.6 is 35.2 Å². The lowest BCUT2D eigenvalue weighted by Gasteiger charge is -2.12. The smallest absolute Gasteiger partial charge is 0.293 e. The average molecular weight is 414 g/mol. The molecule has 4 aromatic rings. The Balaban J connectivity index is 1.61. The van der Waals surface area contributed by atoms with Crippen molar-refractivity contribution >= 4 is 62.1 Å². The quantitative estimate of drug-likeness (QED) is 0.444. The van der Waals surface area contributed by atoms with Gasteiger partial charge >= 0.3 is 0 Å². The van der Waals surface area contributed by atoms with Gasteiger partial charge in [-0.15, -0.1) is 11.3 Å². The van der Waals surface area contributed by atoms with E-state index in [0.29, 0.717) is 10.7 Å². The number of fused-ring (bicyclic) bond motifs is 1. The zero-order valence-corrected chi connectivity index (χ0v) is 16.1. The minimum absolute atomic E-state index is 0.154. The molecule has 0 spiro atoms. The molecule has 2 N–H and O–H groups in total. The second-order valence-corrected chi connectivity index (χ2v) is 7.44. The Hall–Kier alpha value is -2.74. The molecule has 0 aliphatic carbocycles. The van der Waals surface area contributed by atoms with Crippen LogP contribution in [0.3, 0.4) is 0 Å². The number of rotatable bonds is 3. The van der Waals surface area contributed by atoms with Crippen LogP contribution in [0.4, 0.5) is 5.69 Å². The topological polar surface area (TPSA) is 67.2 Å². The second-order valence-electron chi connectivity index (χ2n) is 5.56. The normalized spacial score (nSPS) is 10.7. The molecule has 0 fully saturated rings. The maximum atomic E-state index is 12.1. The van der Waals surface area contributed by atoms with E-state index in [-0.39, 0.29) is 10.9 Å². The number of thiocarbonyl (C=S) groups is 1.